The van der Waals surface area contributed by atoms with Gasteiger partial charge < -0.3 is 5.11 Å². The molecule has 0 saturated heterocycles. The van der Waals surface area contributed by atoms with Gasteiger partial charge in [0.2, 0.25) is 0 Å². The number of aliphatic carboxylic acids is 1. The Morgan fingerprint density at radius 2 is 1.50 bits per heavy atom. The third-order valence-corrected chi connectivity index (χ3v) is 0. The van der Waals surface area contributed by atoms with Gasteiger partial charge in [-0.3, -0.25) is 4.79 Å². The Labute approximate surface area is 55.4 Å². The van der Waals surface area contributed by atoms with Crippen molar-refractivity contribution in [1.82, 2.24) is 0 Å². The van der Waals surface area contributed by atoms with Crippen LogP contribution in [0.25, 0.3) is 0 Å². The van der Waals surface area contributed by atoms with Gasteiger partial charge in [-0.05, 0) is 0 Å². The van der Waals surface area contributed by atoms with E-state index in [0.717, 1.165) is 6.92 Å². The van der Waals surface area contributed by atoms with Crippen molar-refractivity contribution in [3.63, 3.8) is 0 Å². The summed E-state index contributed by atoms with van der Waals surface area (Å²) in [4.78, 5) is 9.00. The van der Waals surface area contributed by atoms with Crippen LogP contribution < -0.4 is 0 Å². The number of rotatable bonds is 0. The number of hydrogen-bond donors (Lipinski definition) is 1. The van der Waals surface area contributed by atoms with Crippen molar-refractivity contribution >= 4 is 5.97 Å². The SMILES string of the molecule is CC(=O)O.[F][Hg]([F])[F]. The molecule has 0 saturated carbocycles. The fourth-order valence-corrected chi connectivity index (χ4v) is 0. The van der Waals surface area contributed by atoms with Crippen molar-refractivity contribution in [2.24, 2.45) is 0 Å². The Balaban J connectivity index is 0. The summed E-state index contributed by atoms with van der Waals surface area (Å²) in [6.07, 6.45) is 0. The van der Waals surface area contributed by atoms with E-state index < -0.39 is 30.9 Å². The van der Waals surface area contributed by atoms with Crippen molar-refractivity contribution in [1.29, 1.82) is 0 Å². The molecule has 0 rings (SSSR count). The monoisotopic (exact) mass is 319 g/mol. The number of carboxylic acids is 1. The number of carboxylic acid groups (broad SMARTS) is 1. The number of carbonyl (C=O) groups is 1. The quantitative estimate of drug-likeness (QED) is 0.685. The van der Waals surface area contributed by atoms with Gasteiger partial charge in [-0.25, -0.2) is 0 Å². The summed E-state index contributed by atoms with van der Waals surface area (Å²) in [5.41, 5.74) is 0. The number of halogens is 3. The third kappa shape index (κ3) is 4390. The van der Waals surface area contributed by atoms with Crippen LogP contribution in [-0.2, 0) is 29.7 Å². The van der Waals surface area contributed by atoms with E-state index in [0.29, 0.717) is 0 Å². The molecule has 0 aliphatic carbocycles. The molecule has 0 aromatic heterocycles. The Kier molecular flexibility index (Phi) is 9.94. The first-order chi connectivity index (χ1) is 3.46. The van der Waals surface area contributed by atoms with Gasteiger partial charge >= 0.3 is 32.3 Å². The van der Waals surface area contributed by atoms with Crippen LogP contribution in [-0.4, -0.2) is 11.1 Å². The zero-order chi connectivity index (χ0) is 7.15. The third-order valence-electron chi connectivity index (χ3n) is 0. The van der Waals surface area contributed by atoms with Crippen LogP contribution in [0.2, 0.25) is 0 Å². The molecule has 47 valence electrons. The molecular formula is C2H4F3HgO2. The minimum absolute atomic E-state index is 0.833. The molecule has 0 radical (unpaired) electrons. The van der Waals surface area contributed by atoms with Crippen molar-refractivity contribution in [2.45, 2.75) is 6.92 Å². The van der Waals surface area contributed by atoms with E-state index in [2.05, 4.69) is 0 Å². The molecule has 2 nitrogen and oxygen atoms in total. The zero-order valence-corrected chi connectivity index (χ0v) is 9.69. The first-order valence-corrected chi connectivity index (χ1v) is 7.96. The summed E-state index contributed by atoms with van der Waals surface area (Å²) in [5, 5.41) is 7.42. The molecule has 0 heterocycles. The minimum atomic E-state index is -5.29. The molecule has 0 unspecified atom stereocenters. The average molecular weight is 318 g/mol. The molecule has 6 heteroatoms. The van der Waals surface area contributed by atoms with Gasteiger partial charge in [0.1, 0.15) is 0 Å². The molecule has 0 aliphatic rings. The second kappa shape index (κ2) is 7.20. The van der Waals surface area contributed by atoms with Gasteiger partial charge in [-0.1, -0.05) is 0 Å². The van der Waals surface area contributed by atoms with Gasteiger partial charge in [0.25, 0.3) is 5.97 Å². The van der Waals surface area contributed by atoms with Crippen molar-refractivity contribution < 1.29 is 42.2 Å². The molecule has 0 fully saturated rings. The predicted octanol–water partition coefficient (Wildman–Crippen LogP) is 1.35. The maximum absolute atomic E-state index is 9.90. The Morgan fingerprint density at radius 1 is 1.50 bits per heavy atom. The zero-order valence-electron chi connectivity index (χ0n) is 4.20. The van der Waals surface area contributed by atoms with E-state index >= 15 is 0 Å². The molecule has 0 bridgehead atoms. The van der Waals surface area contributed by atoms with Crippen LogP contribution in [0.15, 0.2) is 0 Å². The van der Waals surface area contributed by atoms with Crippen molar-refractivity contribution in [3.05, 3.63) is 0 Å². The van der Waals surface area contributed by atoms with E-state index in [1.54, 1.807) is 0 Å². The fourth-order valence-electron chi connectivity index (χ4n) is 0. The molecule has 0 atom stereocenters. The van der Waals surface area contributed by atoms with Crippen LogP contribution >= 0.6 is 0 Å². The van der Waals surface area contributed by atoms with Gasteiger partial charge in [0.15, 0.2) is 0 Å². The fraction of sp³-hybridized carbons (Fsp3) is 0.500. The van der Waals surface area contributed by atoms with E-state index in [-0.39, 0.29) is 0 Å². The van der Waals surface area contributed by atoms with Crippen LogP contribution in [0.1, 0.15) is 6.92 Å². The Bertz CT molecular complexity index is 59.5. The van der Waals surface area contributed by atoms with E-state index in [1.165, 1.54) is 0 Å². The van der Waals surface area contributed by atoms with Crippen LogP contribution in [0.4, 0.5) is 7.41 Å². The molecule has 1 N–H and O–H groups in total. The molecule has 0 amide bonds. The summed E-state index contributed by atoms with van der Waals surface area (Å²) in [5.74, 6) is -0.833. The standard InChI is InChI=1S/C2H4O2.3FH.Hg/c1-2(3)4;;;;/h1H3,(H,3,4);3*1H;/q;;;;+3/p-3. The van der Waals surface area contributed by atoms with Crippen molar-refractivity contribution in [3.8, 4) is 0 Å². The first-order valence-electron chi connectivity index (χ1n) is 1.73. The first kappa shape index (κ1) is 11.1. The van der Waals surface area contributed by atoms with Crippen molar-refractivity contribution in [2.75, 3.05) is 0 Å². The summed E-state index contributed by atoms with van der Waals surface area (Å²) in [7, 11) is 0. The topological polar surface area (TPSA) is 37.3 Å². The van der Waals surface area contributed by atoms with Gasteiger partial charge in [0, 0.05) is 6.92 Å². The molecular weight excluding hydrogens is 314 g/mol. The second-order valence-electron chi connectivity index (χ2n) is 0.822. The number of hydrogen-bond acceptors (Lipinski definition) is 1. The summed E-state index contributed by atoms with van der Waals surface area (Å²) >= 11 is -5.29. The molecule has 0 aliphatic heterocycles. The normalized spacial score (nSPS) is 6.50. The van der Waals surface area contributed by atoms with Gasteiger partial charge in [-0.2, -0.15) is 0 Å². The summed E-state index contributed by atoms with van der Waals surface area (Å²) < 4.78 is 29.7. The molecule has 0 aromatic carbocycles. The van der Waals surface area contributed by atoms with Crippen LogP contribution in [0.3, 0.4) is 0 Å². The van der Waals surface area contributed by atoms with E-state index in [9.17, 15) is 7.41 Å². The molecule has 8 heavy (non-hydrogen) atoms. The van der Waals surface area contributed by atoms with Gasteiger partial charge in [0.05, 0.1) is 0 Å². The predicted molar refractivity (Wildman–Crippen MR) is 16.6 cm³/mol. The van der Waals surface area contributed by atoms with Gasteiger partial charge in [-0.15, -0.1) is 0 Å². The Hall–Kier alpha value is 0.195. The maximum atomic E-state index is 9.90. The molecule has 0 spiro atoms. The molecule has 0 aromatic rings. The van der Waals surface area contributed by atoms with E-state index in [1.807, 2.05) is 0 Å². The van der Waals surface area contributed by atoms with E-state index in [4.69, 9.17) is 9.90 Å². The Morgan fingerprint density at radius 3 is 1.50 bits per heavy atom. The van der Waals surface area contributed by atoms with Crippen LogP contribution in [0, 0.1) is 0 Å². The average Bonchev–Trinajstić information content (AvgIpc) is 1.25. The van der Waals surface area contributed by atoms with Crippen LogP contribution in [0.5, 0.6) is 0 Å². The second-order valence-corrected chi connectivity index (χ2v) is 3.18. The summed E-state index contributed by atoms with van der Waals surface area (Å²) in [6, 6.07) is 0. The summed E-state index contributed by atoms with van der Waals surface area (Å²) in [6.45, 7) is 1.08.